The third-order valence-electron chi connectivity index (χ3n) is 1.31. The summed E-state index contributed by atoms with van der Waals surface area (Å²) in [5, 5.41) is 0. The van der Waals surface area contributed by atoms with Gasteiger partial charge < -0.3 is 4.74 Å². The molecule has 1 aromatic heterocycles. The Kier molecular flexibility index (Phi) is 3.14. The van der Waals surface area contributed by atoms with E-state index in [1.54, 1.807) is 29.2 Å². The minimum absolute atomic E-state index is 0.637. The summed E-state index contributed by atoms with van der Waals surface area (Å²) < 4.78 is 7.14. The molecular weight excluding hydrogens is 152 g/mol. The molecule has 3 heteroatoms. The van der Waals surface area contributed by atoms with Gasteiger partial charge in [0.05, 0.1) is 6.61 Å². The lowest BCUT2D eigenvalue weighted by Crippen LogP contribution is -1.98. The first kappa shape index (κ1) is 8.59. The Morgan fingerprint density at radius 1 is 1.75 bits per heavy atom. The van der Waals surface area contributed by atoms with Gasteiger partial charge in [-0.1, -0.05) is 12.7 Å². The van der Waals surface area contributed by atoms with Crippen molar-refractivity contribution in [2.75, 3.05) is 6.61 Å². The zero-order chi connectivity index (χ0) is 8.81. The van der Waals surface area contributed by atoms with Crippen LogP contribution in [-0.4, -0.2) is 16.2 Å². The van der Waals surface area contributed by atoms with Crippen molar-refractivity contribution in [1.82, 2.24) is 9.55 Å². The van der Waals surface area contributed by atoms with Crippen molar-refractivity contribution < 1.29 is 4.74 Å². The third-order valence-corrected chi connectivity index (χ3v) is 1.31. The first-order valence-corrected chi connectivity index (χ1v) is 3.82. The Labute approximate surface area is 72.0 Å². The number of aromatic nitrogens is 2. The van der Waals surface area contributed by atoms with Crippen LogP contribution in [0.3, 0.4) is 0 Å². The van der Waals surface area contributed by atoms with Crippen LogP contribution >= 0.6 is 0 Å². The molecule has 0 bridgehead atoms. The summed E-state index contributed by atoms with van der Waals surface area (Å²) in [6, 6.07) is 0. The van der Waals surface area contributed by atoms with Gasteiger partial charge in [0.1, 0.15) is 6.33 Å². The number of rotatable bonds is 4. The second-order valence-electron chi connectivity index (χ2n) is 2.14. The fourth-order valence-corrected chi connectivity index (χ4v) is 0.847. The van der Waals surface area contributed by atoms with E-state index in [1.165, 1.54) is 0 Å². The summed E-state index contributed by atoms with van der Waals surface area (Å²) in [5.41, 5.74) is 0. The first-order chi connectivity index (χ1) is 5.88. The number of hydrogen-bond donors (Lipinski definition) is 0. The maximum Gasteiger partial charge on any atom is 0.198 e. The van der Waals surface area contributed by atoms with E-state index in [-0.39, 0.29) is 0 Å². The standard InChI is InChI=1S/C9H12N2O/c1-3-5-9(12-4-2)11-7-6-10-8-11/h3,5-8H,1,4H2,2H3/b9-5+. The lowest BCUT2D eigenvalue weighted by Gasteiger charge is -2.07. The van der Waals surface area contributed by atoms with E-state index in [9.17, 15) is 0 Å². The molecule has 0 N–H and O–H groups in total. The number of ether oxygens (including phenoxy) is 1. The van der Waals surface area contributed by atoms with Crippen molar-refractivity contribution in [3.63, 3.8) is 0 Å². The van der Waals surface area contributed by atoms with Gasteiger partial charge in [-0.15, -0.1) is 0 Å². The maximum atomic E-state index is 5.34. The summed E-state index contributed by atoms with van der Waals surface area (Å²) in [6.07, 6.45) is 8.70. The van der Waals surface area contributed by atoms with Crippen LogP contribution < -0.4 is 0 Å². The Morgan fingerprint density at radius 3 is 3.08 bits per heavy atom. The molecule has 0 aromatic carbocycles. The monoisotopic (exact) mass is 164 g/mol. The van der Waals surface area contributed by atoms with Crippen molar-refractivity contribution in [2.45, 2.75) is 6.92 Å². The van der Waals surface area contributed by atoms with Crippen molar-refractivity contribution in [1.29, 1.82) is 0 Å². The molecule has 12 heavy (non-hydrogen) atoms. The lowest BCUT2D eigenvalue weighted by molar-refractivity contribution is 0.277. The van der Waals surface area contributed by atoms with Crippen LogP contribution in [0.5, 0.6) is 0 Å². The number of imidazole rings is 1. The Balaban J connectivity index is 2.80. The quantitative estimate of drug-likeness (QED) is 0.502. The van der Waals surface area contributed by atoms with Gasteiger partial charge in [0, 0.05) is 12.4 Å². The minimum atomic E-state index is 0.637. The predicted octanol–water partition coefficient (Wildman–Crippen LogP) is 1.90. The van der Waals surface area contributed by atoms with Crippen LogP contribution in [0.25, 0.3) is 5.88 Å². The predicted molar refractivity (Wildman–Crippen MR) is 48.3 cm³/mol. The number of nitrogens with zero attached hydrogens (tertiary/aromatic N) is 2. The molecule has 1 rings (SSSR count). The molecule has 0 saturated carbocycles. The van der Waals surface area contributed by atoms with E-state index in [0.29, 0.717) is 6.61 Å². The molecule has 0 radical (unpaired) electrons. The van der Waals surface area contributed by atoms with Crippen molar-refractivity contribution >= 4 is 5.88 Å². The zero-order valence-electron chi connectivity index (χ0n) is 7.10. The summed E-state index contributed by atoms with van der Waals surface area (Å²) >= 11 is 0. The highest BCUT2D eigenvalue weighted by Crippen LogP contribution is 2.04. The molecule has 3 nitrogen and oxygen atoms in total. The second kappa shape index (κ2) is 4.38. The van der Waals surface area contributed by atoms with Gasteiger partial charge in [-0.3, -0.25) is 4.57 Å². The van der Waals surface area contributed by atoms with Crippen LogP contribution in [-0.2, 0) is 4.74 Å². The molecule has 0 spiro atoms. The molecule has 0 fully saturated rings. The highest BCUT2D eigenvalue weighted by Gasteiger charge is 1.96. The molecule has 0 aliphatic heterocycles. The maximum absolute atomic E-state index is 5.34. The molecular formula is C9H12N2O. The average molecular weight is 164 g/mol. The van der Waals surface area contributed by atoms with Crippen LogP contribution in [0.4, 0.5) is 0 Å². The molecule has 0 aliphatic carbocycles. The van der Waals surface area contributed by atoms with Gasteiger partial charge in [-0.2, -0.15) is 0 Å². The SMILES string of the molecule is C=C/C=C(/OCC)n1ccnc1. The smallest absolute Gasteiger partial charge is 0.198 e. The molecule has 0 unspecified atom stereocenters. The lowest BCUT2D eigenvalue weighted by atomic mass is 10.5. The molecule has 1 heterocycles. The van der Waals surface area contributed by atoms with Gasteiger partial charge in [-0.05, 0) is 13.0 Å². The van der Waals surface area contributed by atoms with Crippen LogP contribution in [0.15, 0.2) is 37.5 Å². The van der Waals surface area contributed by atoms with Crippen LogP contribution in [0.1, 0.15) is 6.92 Å². The molecule has 0 atom stereocenters. The summed E-state index contributed by atoms with van der Waals surface area (Å²) in [7, 11) is 0. The Hall–Kier alpha value is -1.51. The molecule has 64 valence electrons. The molecule has 1 aromatic rings. The highest BCUT2D eigenvalue weighted by molar-refractivity contribution is 5.39. The van der Waals surface area contributed by atoms with E-state index in [0.717, 1.165) is 5.88 Å². The van der Waals surface area contributed by atoms with Gasteiger partial charge in [0.15, 0.2) is 5.88 Å². The average Bonchev–Trinajstić information content (AvgIpc) is 2.56. The van der Waals surface area contributed by atoms with Gasteiger partial charge in [0.2, 0.25) is 0 Å². The van der Waals surface area contributed by atoms with E-state index in [4.69, 9.17) is 4.74 Å². The van der Waals surface area contributed by atoms with Gasteiger partial charge in [0.25, 0.3) is 0 Å². The molecule has 0 amide bonds. The minimum Gasteiger partial charge on any atom is -0.479 e. The van der Waals surface area contributed by atoms with E-state index >= 15 is 0 Å². The van der Waals surface area contributed by atoms with E-state index in [1.807, 2.05) is 13.1 Å². The zero-order valence-corrected chi connectivity index (χ0v) is 7.10. The van der Waals surface area contributed by atoms with Crippen molar-refractivity contribution in [3.8, 4) is 0 Å². The van der Waals surface area contributed by atoms with Crippen LogP contribution in [0, 0.1) is 0 Å². The van der Waals surface area contributed by atoms with Crippen LogP contribution in [0.2, 0.25) is 0 Å². The van der Waals surface area contributed by atoms with E-state index in [2.05, 4.69) is 11.6 Å². The fraction of sp³-hybridized carbons (Fsp3) is 0.222. The number of hydrogen-bond acceptors (Lipinski definition) is 2. The Bertz CT molecular complexity index is 262. The van der Waals surface area contributed by atoms with Crippen molar-refractivity contribution in [3.05, 3.63) is 37.5 Å². The fourth-order valence-electron chi connectivity index (χ4n) is 0.847. The normalized spacial score (nSPS) is 11.2. The summed E-state index contributed by atoms with van der Waals surface area (Å²) in [5.74, 6) is 0.741. The van der Waals surface area contributed by atoms with Crippen molar-refractivity contribution in [2.24, 2.45) is 0 Å². The second-order valence-corrected chi connectivity index (χ2v) is 2.14. The molecule has 0 aliphatic rings. The molecule has 0 saturated heterocycles. The highest BCUT2D eigenvalue weighted by atomic mass is 16.5. The largest absolute Gasteiger partial charge is 0.479 e. The third kappa shape index (κ3) is 1.99. The first-order valence-electron chi connectivity index (χ1n) is 3.82. The topological polar surface area (TPSA) is 27.1 Å². The summed E-state index contributed by atoms with van der Waals surface area (Å²) in [4.78, 5) is 3.92. The Morgan fingerprint density at radius 2 is 2.58 bits per heavy atom. The number of allylic oxidation sites excluding steroid dienone is 2. The van der Waals surface area contributed by atoms with E-state index < -0.39 is 0 Å². The summed E-state index contributed by atoms with van der Waals surface area (Å²) in [6.45, 7) is 6.18. The van der Waals surface area contributed by atoms with Gasteiger partial charge in [-0.25, -0.2) is 4.98 Å². The van der Waals surface area contributed by atoms with Gasteiger partial charge >= 0.3 is 0 Å².